The first kappa shape index (κ1) is 21.8. The summed E-state index contributed by atoms with van der Waals surface area (Å²) in [5, 5.41) is 5.43. The Morgan fingerprint density at radius 2 is 1.53 bits per heavy atom. The molecule has 2 amide bonds. The first-order valence-corrected chi connectivity index (χ1v) is 10.2. The van der Waals surface area contributed by atoms with Crippen molar-refractivity contribution >= 4 is 23.2 Å². The highest BCUT2D eigenvalue weighted by Gasteiger charge is 2.19. The van der Waals surface area contributed by atoms with Gasteiger partial charge in [-0.1, -0.05) is 17.7 Å². The highest BCUT2D eigenvalue weighted by molar-refractivity contribution is 6.39. The van der Waals surface area contributed by atoms with E-state index in [9.17, 15) is 14.0 Å². The van der Waals surface area contributed by atoms with E-state index in [-0.39, 0.29) is 5.82 Å². The van der Waals surface area contributed by atoms with Crippen molar-refractivity contribution in [1.82, 2.24) is 10.2 Å². The smallest absolute Gasteiger partial charge is 0.313 e. The lowest BCUT2D eigenvalue weighted by Crippen LogP contribution is -2.49. The first-order valence-electron chi connectivity index (χ1n) is 10.2. The molecule has 1 heterocycles. The summed E-state index contributed by atoms with van der Waals surface area (Å²) in [5.74, 6) is -1.50. The molecule has 3 rings (SSSR count). The summed E-state index contributed by atoms with van der Waals surface area (Å²) in [5.41, 5.74) is 4.70. The van der Waals surface area contributed by atoms with Crippen LogP contribution in [0.25, 0.3) is 0 Å². The number of anilines is 2. The summed E-state index contributed by atoms with van der Waals surface area (Å²) in [6.45, 7) is 10.3. The van der Waals surface area contributed by atoms with Crippen molar-refractivity contribution in [3.05, 3.63) is 58.9 Å². The van der Waals surface area contributed by atoms with E-state index in [4.69, 9.17) is 0 Å². The summed E-state index contributed by atoms with van der Waals surface area (Å²) in [6, 6.07) is 10.5. The van der Waals surface area contributed by atoms with Gasteiger partial charge in [-0.05, 0) is 56.2 Å². The maximum Gasteiger partial charge on any atom is 0.313 e. The fourth-order valence-corrected chi connectivity index (χ4v) is 3.84. The molecule has 0 spiro atoms. The van der Waals surface area contributed by atoms with Crippen molar-refractivity contribution in [3.63, 3.8) is 0 Å². The zero-order valence-corrected chi connectivity index (χ0v) is 17.8. The van der Waals surface area contributed by atoms with Crippen LogP contribution in [0.1, 0.15) is 16.7 Å². The van der Waals surface area contributed by atoms with Crippen molar-refractivity contribution in [2.24, 2.45) is 0 Å². The van der Waals surface area contributed by atoms with Gasteiger partial charge in [0.25, 0.3) is 0 Å². The zero-order valence-electron chi connectivity index (χ0n) is 17.8. The summed E-state index contributed by atoms with van der Waals surface area (Å²) in [7, 11) is 0. The lowest BCUT2D eigenvalue weighted by Gasteiger charge is -2.36. The van der Waals surface area contributed by atoms with Crippen LogP contribution in [0.5, 0.6) is 0 Å². The van der Waals surface area contributed by atoms with Crippen molar-refractivity contribution < 1.29 is 14.0 Å². The first-order chi connectivity index (χ1) is 14.3. The molecule has 160 valence electrons. The van der Waals surface area contributed by atoms with E-state index in [0.717, 1.165) is 48.6 Å². The van der Waals surface area contributed by atoms with Crippen molar-refractivity contribution in [1.29, 1.82) is 0 Å². The number of hydrogen-bond acceptors (Lipinski definition) is 4. The van der Waals surface area contributed by atoms with Gasteiger partial charge in [-0.3, -0.25) is 14.5 Å². The number of aryl methyl sites for hydroxylation is 3. The van der Waals surface area contributed by atoms with Crippen LogP contribution in [0.4, 0.5) is 15.8 Å². The number of piperazine rings is 1. The molecule has 0 aromatic heterocycles. The molecule has 6 nitrogen and oxygen atoms in total. The summed E-state index contributed by atoms with van der Waals surface area (Å²) in [6.07, 6.45) is 0. The fourth-order valence-electron chi connectivity index (χ4n) is 3.84. The maximum atomic E-state index is 13.1. The third-order valence-corrected chi connectivity index (χ3v) is 5.40. The molecule has 0 unspecified atom stereocenters. The highest BCUT2D eigenvalue weighted by atomic mass is 19.1. The van der Waals surface area contributed by atoms with Gasteiger partial charge in [-0.2, -0.15) is 0 Å². The molecule has 1 aliphatic heterocycles. The molecule has 0 atom stereocenters. The second kappa shape index (κ2) is 9.71. The number of halogens is 1. The van der Waals surface area contributed by atoms with Crippen LogP contribution in [0.3, 0.4) is 0 Å². The summed E-state index contributed by atoms with van der Waals surface area (Å²) < 4.78 is 13.1. The van der Waals surface area contributed by atoms with Crippen molar-refractivity contribution in [2.75, 3.05) is 49.5 Å². The van der Waals surface area contributed by atoms with Crippen LogP contribution in [0.15, 0.2) is 36.4 Å². The number of benzene rings is 2. The molecule has 0 bridgehead atoms. The minimum absolute atomic E-state index is 0.232. The van der Waals surface area contributed by atoms with E-state index in [0.29, 0.717) is 18.8 Å². The monoisotopic (exact) mass is 412 g/mol. The third kappa shape index (κ3) is 5.57. The van der Waals surface area contributed by atoms with Crippen LogP contribution in [0, 0.1) is 26.6 Å². The molecule has 0 aliphatic carbocycles. The predicted molar refractivity (Wildman–Crippen MR) is 117 cm³/mol. The Morgan fingerprint density at radius 3 is 2.13 bits per heavy atom. The van der Waals surface area contributed by atoms with Crippen LogP contribution < -0.4 is 15.5 Å². The molecular weight excluding hydrogens is 383 g/mol. The van der Waals surface area contributed by atoms with Gasteiger partial charge in [-0.15, -0.1) is 0 Å². The van der Waals surface area contributed by atoms with Crippen molar-refractivity contribution in [2.45, 2.75) is 20.8 Å². The molecule has 2 N–H and O–H groups in total. The standard InChI is InChI=1S/C23H29FN4O2/c1-16-14-17(2)21(18(3)15-16)26-23(30)22(29)25-8-9-27-10-12-28(13-11-27)20-6-4-19(24)5-7-20/h4-7,14-15H,8-13H2,1-3H3,(H,25,29)(H,26,30). The van der Waals surface area contributed by atoms with E-state index < -0.39 is 11.8 Å². The molecule has 0 radical (unpaired) electrons. The van der Waals surface area contributed by atoms with Gasteiger partial charge in [0.15, 0.2) is 0 Å². The Bertz CT molecular complexity index is 883. The van der Waals surface area contributed by atoms with E-state index in [1.807, 2.05) is 32.9 Å². The average molecular weight is 413 g/mol. The van der Waals surface area contributed by atoms with Gasteiger partial charge in [-0.25, -0.2) is 4.39 Å². The number of nitrogens with zero attached hydrogens (tertiary/aromatic N) is 2. The van der Waals surface area contributed by atoms with E-state index >= 15 is 0 Å². The quantitative estimate of drug-likeness (QED) is 0.741. The van der Waals surface area contributed by atoms with Gasteiger partial charge in [0.2, 0.25) is 0 Å². The highest BCUT2D eigenvalue weighted by Crippen LogP contribution is 2.21. The van der Waals surface area contributed by atoms with Crippen LogP contribution >= 0.6 is 0 Å². The average Bonchev–Trinajstić information content (AvgIpc) is 2.71. The fraction of sp³-hybridized carbons (Fsp3) is 0.391. The van der Waals surface area contributed by atoms with Crippen molar-refractivity contribution in [3.8, 4) is 0 Å². The molecule has 2 aromatic carbocycles. The molecule has 30 heavy (non-hydrogen) atoms. The molecule has 7 heteroatoms. The number of carbonyl (C=O) groups is 2. The largest absolute Gasteiger partial charge is 0.369 e. The summed E-state index contributed by atoms with van der Waals surface area (Å²) in [4.78, 5) is 28.9. The topological polar surface area (TPSA) is 64.7 Å². The second-order valence-corrected chi connectivity index (χ2v) is 7.79. The van der Waals surface area contributed by atoms with Gasteiger partial charge in [0, 0.05) is 50.6 Å². The van der Waals surface area contributed by atoms with Gasteiger partial charge < -0.3 is 15.5 Å². The number of rotatable bonds is 5. The number of nitrogens with one attached hydrogen (secondary N) is 2. The minimum Gasteiger partial charge on any atom is -0.369 e. The predicted octanol–water partition coefficient (Wildman–Crippen LogP) is 2.63. The summed E-state index contributed by atoms with van der Waals surface area (Å²) >= 11 is 0. The van der Waals surface area contributed by atoms with Crippen LogP contribution in [-0.2, 0) is 9.59 Å². The number of carbonyl (C=O) groups excluding carboxylic acids is 2. The Kier molecular flexibility index (Phi) is 7.05. The Hall–Kier alpha value is -2.93. The number of amides is 2. The molecule has 1 fully saturated rings. The lowest BCUT2D eigenvalue weighted by molar-refractivity contribution is -0.136. The molecule has 0 saturated carbocycles. The van der Waals surface area contributed by atoms with E-state index in [1.165, 1.54) is 12.1 Å². The van der Waals surface area contributed by atoms with Crippen LogP contribution in [0.2, 0.25) is 0 Å². The zero-order chi connectivity index (χ0) is 21.7. The van der Waals surface area contributed by atoms with E-state index in [2.05, 4.69) is 20.4 Å². The molecule has 1 aliphatic rings. The van der Waals surface area contributed by atoms with Gasteiger partial charge in [0.05, 0.1) is 0 Å². The van der Waals surface area contributed by atoms with Gasteiger partial charge in [0.1, 0.15) is 5.82 Å². The lowest BCUT2D eigenvalue weighted by atomic mass is 10.1. The second-order valence-electron chi connectivity index (χ2n) is 7.79. The molecule has 2 aromatic rings. The molecule has 1 saturated heterocycles. The van der Waals surface area contributed by atoms with E-state index in [1.54, 1.807) is 12.1 Å². The normalized spacial score (nSPS) is 14.5. The number of hydrogen-bond donors (Lipinski definition) is 2. The molecular formula is C23H29FN4O2. The SMILES string of the molecule is Cc1cc(C)c(NC(=O)C(=O)NCCN2CCN(c3ccc(F)cc3)CC2)c(C)c1. The third-order valence-electron chi connectivity index (χ3n) is 5.40. The Labute approximate surface area is 177 Å². The van der Waals surface area contributed by atoms with Crippen LogP contribution in [-0.4, -0.2) is 56.0 Å². The van der Waals surface area contributed by atoms with Gasteiger partial charge >= 0.3 is 11.8 Å². The Balaban J connectivity index is 1.41. The maximum absolute atomic E-state index is 13.1. The minimum atomic E-state index is -0.647. The Morgan fingerprint density at radius 1 is 0.933 bits per heavy atom.